The van der Waals surface area contributed by atoms with Crippen LogP contribution in [0.5, 0.6) is 0 Å². The van der Waals surface area contributed by atoms with Crippen LogP contribution >= 0.6 is 22.9 Å². The number of hydrogen-bond donors (Lipinski definition) is 1. The van der Waals surface area contributed by atoms with E-state index in [-0.39, 0.29) is 24.2 Å². The summed E-state index contributed by atoms with van der Waals surface area (Å²) in [6, 6.07) is 13.9. The summed E-state index contributed by atoms with van der Waals surface area (Å²) in [5.74, 6) is 0.168. The van der Waals surface area contributed by atoms with Gasteiger partial charge in [0, 0.05) is 16.0 Å². The number of amides is 1. The summed E-state index contributed by atoms with van der Waals surface area (Å²) in [6.45, 7) is 0. The van der Waals surface area contributed by atoms with Gasteiger partial charge < -0.3 is 5.32 Å². The maximum absolute atomic E-state index is 13.1. The summed E-state index contributed by atoms with van der Waals surface area (Å²) in [6.07, 6.45) is 2.48. The molecular formula is C21H18ClFN2OS. The summed E-state index contributed by atoms with van der Waals surface area (Å²) in [5, 5.41) is 6.51. The molecule has 3 aromatic rings. The van der Waals surface area contributed by atoms with Crippen molar-refractivity contribution in [3.8, 4) is 10.6 Å². The quantitative estimate of drug-likeness (QED) is 0.600. The van der Waals surface area contributed by atoms with Crippen LogP contribution < -0.4 is 5.32 Å². The van der Waals surface area contributed by atoms with Gasteiger partial charge in [-0.1, -0.05) is 23.7 Å². The predicted molar refractivity (Wildman–Crippen MR) is 106 cm³/mol. The molecule has 4 rings (SSSR count). The highest BCUT2D eigenvalue weighted by atomic mass is 35.5. The Kier molecular flexibility index (Phi) is 5.23. The minimum atomic E-state index is -0.275. The Balaban J connectivity index is 1.42. The zero-order valence-corrected chi connectivity index (χ0v) is 16.1. The van der Waals surface area contributed by atoms with Crippen LogP contribution in [-0.2, 0) is 11.2 Å². The fourth-order valence-corrected chi connectivity index (χ4v) is 4.03. The summed E-state index contributed by atoms with van der Waals surface area (Å²) in [7, 11) is 0. The third kappa shape index (κ3) is 4.54. The molecule has 0 saturated heterocycles. The van der Waals surface area contributed by atoms with E-state index in [2.05, 4.69) is 10.3 Å². The molecule has 1 fully saturated rings. The fraction of sp³-hybridized carbons (Fsp3) is 0.238. The van der Waals surface area contributed by atoms with E-state index in [1.54, 1.807) is 12.1 Å². The number of benzene rings is 2. The number of aromatic nitrogens is 1. The highest BCUT2D eigenvalue weighted by Crippen LogP contribution is 2.41. The maximum Gasteiger partial charge on any atom is 0.226 e. The number of nitrogens with one attached hydrogen (secondary N) is 1. The van der Waals surface area contributed by atoms with E-state index < -0.39 is 0 Å². The van der Waals surface area contributed by atoms with Gasteiger partial charge in [0.25, 0.3) is 0 Å². The van der Waals surface area contributed by atoms with Gasteiger partial charge in [0.1, 0.15) is 10.8 Å². The molecule has 27 heavy (non-hydrogen) atoms. The van der Waals surface area contributed by atoms with Crippen molar-refractivity contribution in [3.63, 3.8) is 0 Å². The Hall–Kier alpha value is -2.24. The third-order valence-electron chi connectivity index (χ3n) is 4.62. The number of halogens is 2. The number of hydrogen-bond acceptors (Lipinski definition) is 3. The smallest absolute Gasteiger partial charge is 0.226 e. The first-order valence-electron chi connectivity index (χ1n) is 8.83. The van der Waals surface area contributed by atoms with Crippen LogP contribution in [0.3, 0.4) is 0 Å². The monoisotopic (exact) mass is 400 g/mol. The van der Waals surface area contributed by atoms with Gasteiger partial charge in [0.15, 0.2) is 0 Å². The van der Waals surface area contributed by atoms with Gasteiger partial charge in [-0.25, -0.2) is 9.37 Å². The van der Waals surface area contributed by atoms with Crippen LogP contribution in [0, 0.1) is 11.7 Å². The lowest BCUT2D eigenvalue weighted by molar-refractivity contribution is -0.121. The molecule has 1 aliphatic rings. The van der Waals surface area contributed by atoms with Crippen LogP contribution in [0.2, 0.25) is 5.02 Å². The molecule has 2 aromatic carbocycles. The standard InChI is InChI=1S/C21H18ClFN2OS/c22-16-7-3-14(4-8-16)20(13-1-2-13)25-19(26)11-18-12-27-21(24-18)15-5-9-17(23)10-6-15/h3-10,12-13,20H,1-2,11H2,(H,25,26)/t20-/m0/s1. The largest absolute Gasteiger partial charge is 0.349 e. The molecular weight excluding hydrogens is 383 g/mol. The van der Waals surface area contributed by atoms with Gasteiger partial charge >= 0.3 is 0 Å². The van der Waals surface area contributed by atoms with E-state index in [0.717, 1.165) is 34.7 Å². The van der Waals surface area contributed by atoms with E-state index in [9.17, 15) is 9.18 Å². The lowest BCUT2D eigenvalue weighted by Gasteiger charge is -2.18. The lowest BCUT2D eigenvalue weighted by atomic mass is 10.0. The molecule has 1 aliphatic carbocycles. The molecule has 3 nitrogen and oxygen atoms in total. The van der Waals surface area contributed by atoms with E-state index in [0.29, 0.717) is 10.9 Å². The Labute approximate surface area is 166 Å². The second-order valence-electron chi connectivity index (χ2n) is 6.76. The minimum Gasteiger partial charge on any atom is -0.349 e. The predicted octanol–water partition coefficient (Wildman–Crippen LogP) is 5.41. The number of carbonyl (C=O) groups is 1. The SMILES string of the molecule is O=C(Cc1csc(-c2ccc(F)cc2)n1)N[C@H](c1ccc(Cl)cc1)C1CC1. The molecule has 1 amide bonds. The van der Waals surface area contributed by atoms with Crippen molar-refractivity contribution < 1.29 is 9.18 Å². The Morgan fingerprint density at radius 1 is 1.19 bits per heavy atom. The highest BCUT2D eigenvalue weighted by molar-refractivity contribution is 7.13. The van der Waals surface area contributed by atoms with Crippen LogP contribution in [0.1, 0.15) is 30.1 Å². The minimum absolute atomic E-state index is 0.0185. The van der Waals surface area contributed by atoms with Crippen molar-refractivity contribution in [1.29, 1.82) is 0 Å². The molecule has 138 valence electrons. The van der Waals surface area contributed by atoms with Crippen molar-refractivity contribution in [2.75, 3.05) is 0 Å². The Morgan fingerprint density at radius 2 is 1.89 bits per heavy atom. The lowest BCUT2D eigenvalue weighted by Crippen LogP contribution is -2.31. The number of carbonyl (C=O) groups excluding carboxylic acids is 1. The van der Waals surface area contributed by atoms with Gasteiger partial charge in [0.2, 0.25) is 5.91 Å². The third-order valence-corrected chi connectivity index (χ3v) is 5.82. The Morgan fingerprint density at radius 3 is 2.56 bits per heavy atom. The molecule has 1 heterocycles. The molecule has 0 aliphatic heterocycles. The molecule has 0 radical (unpaired) electrons. The van der Waals surface area contributed by atoms with E-state index in [4.69, 9.17) is 11.6 Å². The second kappa shape index (κ2) is 7.79. The van der Waals surface area contributed by atoms with E-state index >= 15 is 0 Å². The van der Waals surface area contributed by atoms with Gasteiger partial charge in [0.05, 0.1) is 18.2 Å². The van der Waals surface area contributed by atoms with Crippen LogP contribution in [-0.4, -0.2) is 10.9 Å². The molecule has 0 unspecified atom stereocenters. The summed E-state index contributed by atoms with van der Waals surface area (Å²) < 4.78 is 13.1. The Bertz CT molecular complexity index is 936. The van der Waals surface area contributed by atoms with Crippen molar-refractivity contribution in [2.24, 2.45) is 5.92 Å². The van der Waals surface area contributed by atoms with Crippen LogP contribution in [0.15, 0.2) is 53.9 Å². The van der Waals surface area contributed by atoms with Crippen molar-refractivity contribution in [1.82, 2.24) is 10.3 Å². The molecule has 1 atom stereocenters. The fourth-order valence-electron chi connectivity index (χ4n) is 3.08. The molecule has 6 heteroatoms. The molecule has 1 saturated carbocycles. The number of nitrogens with zero attached hydrogens (tertiary/aromatic N) is 1. The van der Waals surface area contributed by atoms with Gasteiger partial charge in [-0.05, 0) is 60.7 Å². The van der Waals surface area contributed by atoms with Gasteiger partial charge in [-0.3, -0.25) is 4.79 Å². The number of rotatable bonds is 6. The van der Waals surface area contributed by atoms with Crippen molar-refractivity contribution >= 4 is 28.8 Å². The van der Waals surface area contributed by atoms with Crippen LogP contribution in [0.25, 0.3) is 10.6 Å². The molecule has 0 spiro atoms. The average molecular weight is 401 g/mol. The summed E-state index contributed by atoms with van der Waals surface area (Å²) in [4.78, 5) is 17.1. The normalized spacial score (nSPS) is 14.7. The van der Waals surface area contributed by atoms with Crippen molar-refractivity contribution in [2.45, 2.75) is 25.3 Å². The van der Waals surface area contributed by atoms with Gasteiger partial charge in [-0.15, -0.1) is 11.3 Å². The van der Waals surface area contributed by atoms with Crippen molar-refractivity contribution in [3.05, 3.63) is 76.0 Å². The first kappa shape index (κ1) is 18.1. The van der Waals surface area contributed by atoms with E-state index in [1.807, 2.05) is 29.6 Å². The van der Waals surface area contributed by atoms with Gasteiger partial charge in [-0.2, -0.15) is 0 Å². The maximum atomic E-state index is 13.1. The van der Waals surface area contributed by atoms with Crippen LogP contribution in [0.4, 0.5) is 4.39 Å². The average Bonchev–Trinajstić information content (AvgIpc) is 3.40. The second-order valence-corrected chi connectivity index (χ2v) is 8.06. The first-order chi connectivity index (χ1) is 13.1. The zero-order valence-electron chi connectivity index (χ0n) is 14.5. The first-order valence-corrected chi connectivity index (χ1v) is 10.1. The molecule has 1 N–H and O–H groups in total. The summed E-state index contributed by atoms with van der Waals surface area (Å²) >= 11 is 7.43. The number of thiazole rings is 1. The summed E-state index contributed by atoms with van der Waals surface area (Å²) in [5.41, 5.74) is 2.66. The molecule has 1 aromatic heterocycles. The topological polar surface area (TPSA) is 42.0 Å². The zero-order chi connectivity index (χ0) is 18.8. The highest BCUT2D eigenvalue weighted by Gasteiger charge is 2.33. The molecule has 0 bridgehead atoms. The van der Waals surface area contributed by atoms with E-state index in [1.165, 1.54) is 23.5 Å².